The van der Waals surface area contributed by atoms with E-state index in [0.29, 0.717) is 13.0 Å². The van der Waals surface area contributed by atoms with Gasteiger partial charge in [-0.15, -0.1) is 0 Å². The highest BCUT2D eigenvalue weighted by Crippen LogP contribution is 2.27. The summed E-state index contributed by atoms with van der Waals surface area (Å²) in [5.41, 5.74) is 7.52. The standard InChI is InChI=1S/C11H14N2O2/c1-8(12)9-4-2-3-5-10(9)13-11(14)6-7-15-13/h2-5,8H,6-7,12H2,1H3. The summed E-state index contributed by atoms with van der Waals surface area (Å²) in [5, 5.41) is 1.35. The molecule has 1 aliphatic rings. The fourth-order valence-electron chi connectivity index (χ4n) is 1.66. The van der Waals surface area contributed by atoms with E-state index in [1.54, 1.807) is 0 Å². The first-order chi connectivity index (χ1) is 7.20. The molecule has 0 aliphatic carbocycles. The molecule has 1 fully saturated rings. The first-order valence-electron chi connectivity index (χ1n) is 5.00. The van der Waals surface area contributed by atoms with Crippen molar-refractivity contribution in [2.24, 2.45) is 5.73 Å². The van der Waals surface area contributed by atoms with Crippen LogP contribution < -0.4 is 10.8 Å². The molecule has 0 radical (unpaired) electrons. The molecule has 1 aromatic rings. The molecule has 1 amide bonds. The van der Waals surface area contributed by atoms with Gasteiger partial charge in [-0.25, -0.2) is 0 Å². The second-order valence-corrected chi connectivity index (χ2v) is 3.62. The third-order valence-electron chi connectivity index (χ3n) is 2.41. The maximum absolute atomic E-state index is 11.5. The minimum absolute atomic E-state index is 0.0110. The molecule has 1 unspecified atom stereocenters. The lowest BCUT2D eigenvalue weighted by atomic mass is 10.1. The van der Waals surface area contributed by atoms with Crippen molar-refractivity contribution in [2.45, 2.75) is 19.4 Å². The Morgan fingerprint density at radius 3 is 2.80 bits per heavy atom. The summed E-state index contributed by atoms with van der Waals surface area (Å²) in [6.07, 6.45) is 0.438. The van der Waals surface area contributed by atoms with Crippen molar-refractivity contribution in [2.75, 3.05) is 11.7 Å². The Morgan fingerprint density at radius 2 is 2.20 bits per heavy atom. The molecule has 80 valence electrons. The predicted molar refractivity (Wildman–Crippen MR) is 57.1 cm³/mol. The van der Waals surface area contributed by atoms with Gasteiger partial charge in [0.15, 0.2) is 0 Å². The molecule has 0 bridgehead atoms. The molecule has 1 saturated heterocycles. The molecule has 15 heavy (non-hydrogen) atoms. The molecule has 0 spiro atoms. The van der Waals surface area contributed by atoms with Gasteiger partial charge in [-0.3, -0.25) is 9.63 Å². The fraction of sp³-hybridized carbons (Fsp3) is 0.364. The third kappa shape index (κ3) is 1.86. The smallest absolute Gasteiger partial charge is 0.253 e. The van der Waals surface area contributed by atoms with Gasteiger partial charge in [0, 0.05) is 6.04 Å². The van der Waals surface area contributed by atoms with Crippen molar-refractivity contribution in [3.8, 4) is 0 Å². The second kappa shape index (κ2) is 4.00. The number of nitrogens with zero attached hydrogens (tertiary/aromatic N) is 1. The number of nitrogens with two attached hydrogens (primary N) is 1. The molecule has 2 rings (SSSR count). The Morgan fingerprint density at radius 1 is 1.47 bits per heavy atom. The van der Waals surface area contributed by atoms with E-state index >= 15 is 0 Å². The lowest BCUT2D eigenvalue weighted by Gasteiger charge is -2.19. The van der Waals surface area contributed by atoms with Gasteiger partial charge in [-0.1, -0.05) is 18.2 Å². The summed E-state index contributed by atoms with van der Waals surface area (Å²) in [6.45, 7) is 2.34. The largest absolute Gasteiger partial charge is 0.324 e. The van der Waals surface area contributed by atoms with Crippen LogP contribution in [-0.2, 0) is 9.63 Å². The minimum Gasteiger partial charge on any atom is -0.324 e. The maximum atomic E-state index is 11.5. The average Bonchev–Trinajstić information content (AvgIpc) is 2.64. The maximum Gasteiger partial charge on any atom is 0.253 e. The van der Waals surface area contributed by atoms with Crippen LogP contribution in [0.25, 0.3) is 0 Å². The Balaban J connectivity index is 2.38. The lowest BCUT2D eigenvalue weighted by molar-refractivity contribution is -0.119. The molecule has 0 aromatic heterocycles. The van der Waals surface area contributed by atoms with Gasteiger partial charge in [-0.2, -0.15) is 5.06 Å². The lowest BCUT2D eigenvalue weighted by Crippen LogP contribution is -2.24. The number of carbonyl (C=O) groups is 1. The van der Waals surface area contributed by atoms with E-state index in [2.05, 4.69) is 0 Å². The number of benzene rings is 1. The average molecular weight is 206 g/mol. The van der Waals surface area contributed by atoms with Gasteiger partial charge in [-0.05, 0) is 18.6 Å². The Hall–Kier alpha value is -1.39. The molecule has 2 N–H and O–H groups in total. The van der Waals surface area contributed by atoms with Crippen molar-refractivity contribution in [3.63, 3.8) is 0 Å². The number of amides is 1. The van der Waals surface area contributed by atoms with Gasteiger partial charge in [0.05, 0.1) is 18.7 Å². The molecule has 4 nitrogen and oxygen atoms in total. The van der Waals surface area contributed by atoms with Gasteiger partial charge < -0.3 is 5.73 Å². The van der Waals surface area contributed by atoms with Crippen LogP contribution in [0.1, 0.15) is 24.9 Å². The molecular formula is C11H14N2O2. The van der Waals surface area contributed by atoms with E-state index < -0.39 is 0 Å². The van der Waals surface area contributed by atoms with E-state index in [9.17, 15) is 4.79 Å². The highest BCUT2D eigenvalue weighted by molar-refractivity contribution is 5.93. The van der Waals surface area contributed by atoms with Crippen LogP contribution in [0, 0.1) is 0 Å². The van der Waals surface area contributed by atoms with Crippen molar-refractivity contribution in [1.82, 2.24) is 0 Å². The van der Waals surface area contributed by atoms with Gasteiger partial charge >= 0.3 is 0 Å². The monoisotopic (exact) mass is 206 g/mol. The molecule has 1 aromatic carbocycles. The first kappa shape index (κ1) is 10.1. The summed E-state index contributed by atoms with van der Waals surface area (Å²) < 4.78 is 0. The molecule has 1 heterocycles. The summed E-state index contributed by atoms with van der Waals surface area (Å²) in [7, 11) is 0. The summed E-state index contributed by atoms with van der Waals surface area (Å²) in [4.78, 5) is 16.8. The number of carbonyl (C=O) groups excluding carboxylic acids is 1. The highest BCUT2D eigenvalue weighted by atomic mass is 16.7. The topological polar surface area (TPSA) is 55.6 Å². The van der Waals surface area contributed by atoms with Crippen LogP contribution in [0.15, 0.2) is 24.3 Å². The van der Waals surface area contributed by atoms with E-state index in [1.165, 1.54) is 5.06 Å². The van der Waals surface area contributed by atoms with E-state index in [-0.39, 0.29) is 11.9 Å². The molecule has 0 saturated carbocycles. The molecule has 1 aliphatic heterocycles. The Kier molecular flexibility index (Phi) is 2.70. The van der Waals surface area contributed by atoms with Crippen LogP contribution in [0.5, 0.6) is 0 Å². The summed E-state index contributed by atoms with van der Waals surface area (Å²) in [5.74, 6) is -0.0110. The van der Waals surface area contributed by atoms with Crippen molar-refractivity contribution in [3.05, 3.63) is 29.8 Å². The van der Waals surface area contributed by atoms with Crippen molar-refractivity contribution < 1.29 is 9.63 Å². The highest BCUT2D eigenvalue weighted by Gasteiger charge is 2.25. The van der Waals surface area contributed by atoms with Gasteiger partial charge in [0.25, 0.3) is 5.91 Å². The zero-order valence-electron chi connectivity index (χ0n) is 8.64. The van der Waals surface area contributed by atoms with Gasteiger partial charge in [0.1, 0.15) is 0 Å². The quantitative estimate of drug-likeness (QED) is 0.795. The SMILES string of the molecule is CC(N)c1ccccc1N1OCCC1=O. The zero-order chi connectivity index (χ0) is 10.8. The number of rotatable bonds is 2. The molecule has 4 heteroatoms. The predicted octanol–water partition coefficient (Wildman–Crippen LogP) is 1.37. The number of hydrogen-bond donors (Lipinski definition) is 1. The van der Waals surface area contributed by atoms with Crippen LogP contribution >= 0.6 is 0 Å². The molecule has 1 atom stereocenters. The van der Waals surface area contributed by atoms with Crippen molar-refractivity contribution >= 4 is 11.6 Å². The normalized spacial score (nSPS) is 18.3. The van der Waals surface area contributed by atoms with E-state index in [0.717, 1.165) is 11.3 Å². The molecular weight excluding hydrogens is 192 g/mol. The minimum atomic E-state index is -0.113. The number of anilines is 1. The van der Waals surface area contributed by atoms with Crippen LogP contribution in [-0.4, -0.2) is 12.5 Å². The van der Waals surface area contributed by atoms with Crippen LogP contribution in [0.2, 0.25) is 0 Å². The zero-order valence-corrected chi connectivity index (χ0v) is 8.64. The summed E-state index contributed by atoms with van der Waals surface area (Å²) >= 11 is 0. The number of hydrogen-bond acceptors (Lipinski definition) is 3. The third-order valence-corrected chi connectivity index (χ3v) is 2.41. The second-order valence-electron chi connectivity index (χ2n) is 3.62. The Labute approximate surface area is 88.6 Å². The number of para-hydroxylation sites is 1. The van der Waals surface area contributed by atoms with Crippen molar-refractivity contribution in [1.29, 1.82) is 0 Å². The first-order valence-corrected chi connectivity index (χ1v) is 5.00. The number of hydroxylamine groups is 1. The van der Waals surface area contributed by atoms with E-state index in [1.807, 2.05) is 31.2 Å². The Bertz CT molecular complexity index is 377. The fourth-order valence-corrected chi connectivity index (χ4v) is 1.66. The van der Waals surface area contributed by atoms with Crippen LogP contribution in [0.4, 0.5) is 5.69 Å². The summed E-state index contributed by atoms with van der Waals surface area (Å²) in [6, 6.07) is 7.42. The van der Waals surface area contributed by atoms with E-state index in [4.69, 9.17) is 10.6 Å². The van der Waals surface area contributed by atoms with Crippen LogP contribution in [0.3, 0.4) is 0 Å². The van der Waals surface area contributed by atoms with Gasteiger partial charge in [0.2, 0.25) is 0 Å².